The minimum absolute atomic E-state index is 0. The second-order valence-corrected chi connectivity index (χ2v) is 6.34. The maximum atomic E-state index is 9.07. The Labute approximate surface area is 144 Å². The van der Waals surface area contributed by atoms with E-state index in [9.17, 15) is 0 Å². The van der Waals surface area contributed by atoms with Crippen molar-refractivity contribution in [1.29, 1.82) is 0 Å². The van der Waals surface area contributed by atoms with E-state index in [0.717, 1.165) is 13.0 Å². The van der Waals surface area contributed by atoms with E-state index >= 15 is 0 Å². The summed E-state index contributed by atoms with van der Waals surface area (Å²) in [5.41, 5.74) is 0. The molecule has 0 saturated carbocycles. The van der Waals surface area contributed by atoms with Crippen molar-refractivity contribution in [3.63, 3.8) is 0 Å². The Morgan fingerprint density at radius 2 is 1.05 bits per heavy atom. The lowest BCUT2D eigenvalue weighted by Crippen LogP contribution is -3.00. The molecular formula is C17H38INO. The smallest absolute Gasteiger partial charge is 0.0806 e. The zero-order valence-corrected chi connectivity index (χ0v) is 16.3. The minimum Gasteiger partial charge on any atom is -1.00 e. The highest BCUT2D eigenvalue weighted by Gasteiger charge is 2.19. The Morgan fingerprint density at radius 3 is 1.50 bits per heavy atom. The largest absolute Gasteiger partial charge is 1.00 e. The van der Waals surface area contributed by atoms with E-state index in [1.807, 2.05) is 0 Å². The van der Waals surface area contributed by atoms with E-state index in [1.54, 1.807) is 0 Å². The molecule has 1 unspecified atom stereocenters. The number of aliphatic hydroxyl groups is 1. The van der Waals surface area contributed by atoms with E-state index in [-0.39, 0.29) is 24.0 Å². The number of nitrogens with zero attached hydrogens (tertiary/aromatic N) is 1. The Bertz CT molecular complexity index is 190. The molecule has 0 heterocycles. The number of rotatable bonds is 14. The van der Waals surface area contributed by atoms with Gasteiger partial charge in [0.2, 0.25) is 0 Å². The van der Waals surface area contributed by atoms with Gasteiger partial charge in [-0.15, -0.1) is 0 Å². The van der Waals surface area contributed by atoms with Crippen LogP contribution in [-0.4, -0.2) is 42.9 Å². The first-order valence-electron chi connectivity index (χ1n) is 8.63. The number of hydrogen-bond donors (Lipinski definition) is 1. The highest BCUT2D eigenvalue weighted by atomic mass is 127. The first-order valence-corrected chi connectivity index (χ1v) is 8.63. The van der Waals surface area contributed by atoms with Gasteiger partial charge in [0.15, 0.2) is 0 Å². The Hall–Kier alpha value is 0.650. The summed E-state index contributed by atoms with van der Waals surface area (Å²) >= 11 is 0. The third-order valence-corrected chi connectivity index (χ3v) is 4.21. The first-order chi connectivity index (χ1) is 9.18. The van der Waals surface area contributed by atoms with E-state index < -0.39 is 0 Å². The molecule has 0 spiro atoms. The lowest BCUT2D eigenvalue weighted by Gasteiger charge is -2.35. The fourth-order valence-corrected chi connectivity index (χ4v) is 2.81. The molecule has 20 heavy (non-hydrogen) atoms. The molecule has 0 aliphatic rings. The third kappa shape index (κ3) is 13.6. The summed E-state index contributed by atoms with van der Waals surface area (Å²) in [7, 11) is 2.39. The van der Waals surface area contributed by atoms with Gasteiger partial charge in [0.1, 0.15) is 0 Å². The molecule has 0 aromatic rings. The van der Waals surface area contributed by atoms with Crippen LogP contribution in [0.1, 0.15) is 78.1 Å². The highest BCUT2D eigenvalue weighted by molar-refractivity contribution is 4.48. The van der Waals surface area contributed by atoms with Crippen molar-refractivity contribution >= 4 is 0 Å². The molecule has 2 nitrogen and oxygen atoms in total. The molecule has 124 valence electrons. The van der Waals surface area contributed by atoms with Crippen LogP contribution in [0.15, 0.2) is 0 Å². The lowest BCUT2D eigenvalue weighted by atomic mass is 10.1. The van der Waals surface area contributed by atoms with Gasteiger partial charge in [0.25, 0.3) is 0 Å². The quantitative estimate of drug-likeness (QED) is 0.266. The molecule has 1 atom stereocenters. The molecule has 1 N–H and O–H groups in total. The van der Waals surface area contributed by atoms with Crippen molar-refractivity contribution in [2.24, 2.45) is 0 Å². The maximum absolute atomic E-state index is 9.07. The molecule has 0 fully saturated rings. The second kappa shape index (κ2) is 16.0. The first kappa shape index (κ1) is 22.9. The average Bonchev–Trinajstić information content (AvgIpc) is 2.41. The zero-order valence-electron chi connectivity index (χ0n) is 14.2. The SMILES string of the molecule is CCCCCCC[N+](C)(CCCO)CCCCCC.[I-]. The van der Waals surface area contributed by atoms with Crippen LogP contribution in [0.2, 0.25) is 0 Å². The van der Waals surface area contributed by atoms with Gasteiger partial charge >= 0.3 is 0 Å². The van der Waals surface area contributed by atoms with Crippen molar-refractivity contribution in [3.8, 4) is 0 Å². The van der Waals surface area contributed by atoms with E-state index in [1.165, 1.54) is 75.4 Å². The van der Waals surface area contributed by atoms with E-state index in [4.69, 9.17) is 5.11 Å². The van der Waals surface area contributed by atoms with E-state index in [2.05, 4.69) is 20.9 Å². The molecule has 3 heteroatoms. The zero-order chi connectivity index (χ0) is 14.4. The van der Waals surface area contributed by atoms with Crippen molar-refractivity contribution in [1.82, 2.24) is 0 Å². The Morgan fingerprint density at radius 1 is 0.650 bits per heavy atom. The summed E-state index contributed by atoms with van der Waals surface area (Å²) in [5.74, 6) is 0. The fraction of sp³-hybridized carbons (Fsp3) is 1.00. The van der Waals surface area contributed by atoms with Crippen LogP contribution in [0, 0.1) is 0 Å². The van der Waals surface area contributed by atoms with Crippen LogP contribution in [0.5, 0.6) is 0 Å². The standard InChI is InChI=1S/C17H38NO.HI/c1-4-6-8-10-12-15-18(3,16-13-17-19)14-11-9-7-5-2;/h19H,4-17H2,1-3H3;1H/q+1;/p-1. The molecule has 0 radical (unpaired) electrons. The van der Waals surface area contributed by atoms with Gasteiger partial charge in [0.05, 0.1) is 26.7 Å². The summed E-state index contributed by atoms with van der Waals surface area (Å²) in [6.07, 6.45) is 13.2. The van der Waals surface area contributed by atoms with Crippen molar-refractivity contribution < 1.29 is 33.6 Å². The molecule has 0 aromatic carbocycles. The van der Waals surface area contributed by atoms with Gasteiger partial charge in [-0.05, 0) is 25.7 Å². The molecule has 0 bridgehead atoms. The molecule has 0 amide bonds. The van der Waals surface area contributed by atoms with Gasteiger partial charge in [-0.2, -0.15) is 0 Å². The number of quaternary nitrogens is 1. The number of halogens is 1. The fourth-order valence-electron chi connectivity index (χ4n) is 2.81. The lowest BCUT2D eigenvalue weighted by molar-refractivity contribution is -0.910. The molecule has 0 rings (SSSR count). The molecule has 0 aliphatic carbocycles. The molecule has 0 saturated heterocycles. The second-order valence-electron chi connectivity index (χ2n) is 6.34. The normalized spacial score (nSPS) is 13.8. The van der Waals surface area contributed by atoms with Gasteiger partial charge in [0, 0.05) is 13.0 Å². The maximum Gasteiger partial charge on any atom is 0.0806 e. The molecular weight excluding hydrogens is 361 g/mol. The number of aliphatic hydroxyl groups excluding tert-OH is 1. The van der Waals surface area contributed by atoms with Crippen LogP contribution < -0.4 is 24.0 Å². The van der Waals surface area contributed by atoms with Crippen LogP contribution in [0.3, 0.4) is 0 Å². The summed E-state index contributed by atoms with van der Waals surface area (Å²) in [5, 5.41) is 9.07. The summed E-state index contributed by atoms with van der Waals surface area (Å²) in [6.45, 7) is 8.64. The van der Waals surface area contributed by atoms with Gasteiger partial charge in [-0.1, -0.05) is 46.0 Å². The molecule has 0 aliphatic heterocycles. The molecule has 0 aromatic heterocycles. The van der Waals surface area contributed by atoms with Crippen LogP contribution in [-0.2, 0) is 0 Å². The third-order valence-electron chi connectivity index (χ3n) is 4.21. The topological polar surface area (TPSA) is 20.2 Å². The van der Waals surface area contributed by atoms with Crippen molar-refractivity contribution in [3.05, 3.63) is 0 Å². The Kier molecular flexibility index (Phi) is 18.4. The minimum atomic E-state index is 0. The van der Waals surface area contributed by atoms with E-state index in [0.29, 0.717) is 6.61 Å². The predicted octanol–water partition coefficient (Wildman–Crippen LogP) is 1.37. The highest BCUT2D eigenvalue weighted by Crippen LogP contribution is 2.13. The Balaban J connectivity index is 0. The van der Waals surface area contributed by atoms with Crippen LogP contribution in [0.25, 0.3) is 0 Å². The van der Waals surface area contributed by atoms with Gasteiger partial charge in [-0.3, -0.25) is 0 Å². The summed E-state index contributed by atoms with van der Waals surface area (Å²) in [4.78, 5) is 0. The van der Waals surface area contributed by atoms with Crippen LogP contribution >= 0.6 is 0 Å². The van der Waals surface area contributed by atoms with Crippen LogP contribution in [0.4, 0.5) is 0 Å². The van der Waals surface area contributed by atoms with Crippen molar-refractivity contribution in [2.45, 2.75) is 78.1 Å². The summed E-state index contributed by atoms with van der Waals surface area (Å²) in [6, 6.07) is 0. The number of unbranched alkanes of at least 4 members (excludes halogenated alkanes) is 7. The average molecular weight is 399 g/mol. The summed E-state index contributed by atoms with van der Waals surface area (Å²) < 4.78 is 1.18. The monoisotopic (exact) mass is 399 g/mol. The van der Waals surface area contributed by atoms with Crippen molar-refractivity contribution in [2.75, 3.05) is 33.3 Å². The number of hydrogen-bond acceptors (Lipinski definition) is 1. The van der Waals surface area contributed by atoms with Gasteiger partial charge < -0.3 is 33.6 Å². The van der Waals surface area contributed by atoms with Gasteiger partial charge in [-0.25, -0.2) is 0 Å². The predicted molar refractivity (Wildman–Crippen MR) is 85.4 cm³/mol.